The Morgan fingerprint density at radius 3 is 3.00 bits per heavy atom. The van der Waals surface area contributed by atoms with Crippen LogP contribution in [0, 0.1) is 0 Å². The first-order chi connectivity index (χ1) is 7.90. The van der Waals surface area contributed by atoms with E-state index in [0.29, 0.717) is 19.9 Å². The van der Waals surface area contributed by atoms with Gasteiger partial charge in [-0.15, -0.1) is 11.8 Å². The Labute approximate surface area is 99.1 Å². The number of hydrogen-bond donors (Lipinski definition) is 1. The summed E-state index contributed by atoms with van der Waals surface area (Å²) < 4.78 is 15.8. The molecule has 0 saturated carbocycles. The van der Waals surface area contributed by atoms with Gasteiger partial charge in [-0.05, 0) is 18.2 Å². The molecule has 0 aliphatic carbocycles. The fourth-order valence-corrected chi connectivity index (χ4v) is 2.16. The van der Waals surface area contributed by atoms with Crippen LogP contribution in [0.3, 0.4) is 0 Å². The van der Waals surface area contributed by atoms with E-state index in [1.807, 2.05) is 18.2 Å². The summed E-state index contributed by atoms with van der Waals surface area (Å²) in [5, 5.41) is 0. The average Bonchev–Trinajstić information content (AvgIpc) is 2.76. The summed E-state index contributed by atoms with van der Waals surface area (Å²) in [6.45, 7) is 2.25. The summed E-state index contributed by atoms with van der Waals surface area (Å²) >= 11 is 1.74. The molecule has 4 nitrogen and oxygen atoms in total. The van der Waals surface area contributed by atoms with Crippen LogP contribution in [0.4, 0.5) is 0 Å². The highest BCUT2D eigenvalue weighted by molar-refractivity contribution is 7.99. The lowest BCUT2D eigenvalue weighted by molar-refractivity contribution is 0.158. The minimum atomic E-state index is 0.322. The van der Waals surface area contributed by atoms with E-state index in [9.17, 15) is 0 Å². The molecule has 0 unspecified atom stereocenters. The summed E-state index contributed by atoms with van der Waals surface area (Å²) in [4.78, 5) is 1.17. The second-order valence-electron chi connectivity index (χ2n) is 3.26. The normalized spacial score (nSPS) is 13.1. The van der Waals surface area contributed by atoms with Crippen LogP contribution in [-0.4, -0.2) is 32.3 Å². The highest BCUT2D eigenvalue weighted by atomic mass is 32.2. The van der Waals surface area contributed by atoms with Crippen molar-refractivity contribution in [2.75, 3.05) is 32.3 Å². The van der Waals surface area contributed by atoms with Crippen LogP contribution in [-0.2, 0) is 4.74 Å². The molecule has 0 saturated heterocycles. The van der Waals surface area contributed by atoms with Crippen molar-refractivity contribution in [1.29, 1.82) is 0 Å². The van der Waals surface area contributed by atoms with Crippen LogP contribution >= 0.6 is 11.8 Å². The van der Waals surface area contributed by atoms with Crippen molar-refractivity contribution in [3.05, 3.63) is 18.2 Å². The first-order valence-corrected chi connectivity index (χ1v) is 6.19. The van der Waals surface area contributed by atoms with E-state index < -0.39 is 0 Å². The van der Waals surface area contributed by atoms with E-state index in [1.54, 1.807) is 11.8 Å². The Kier molecular flexibility index (Phi) is 4.33. The lowest BCUT2D eigenvalue weighted by Gasteiger charge is -2.03. The van der Waals surface area contributed by atoms with Gasteiger partial charge in [0.25, 0.3) is 0 Å². The van der Waals surface area contributed by atoms with Crippen LogP contribution in [0.15, 0.2) is 23.1 Å². The van der Waals surface area contributed by atoms with Crippen molar-refractivity contribution < 1.29 is 14.2 Å². The number of hydrogen-bond acceptors (Lipinski definition) is 5. The van der Waals surface area contributed by atoms with Crippen molar-refractivity contribution in [1.82, 2.24) is 0 Å². The topological polar surface area (TPSA) is 53.7 Å². The van der Waals surface area contributed by atoms with Crippen LogP contribution in [0.25, 0.3) is 0 Å². The van der Waals surface area contributed by atoms with E-state index in [-0.39, 0.29) is 0 Å². The van der Waals surface area contributed by atoms with E-state index in [1.165, 1.54) is 4.90 Å². The SMILES string of the molecule is NCCOCCSc1ccc2c(c1)OCO2. The van der Waals surface area contributed by atoms with E-state index in [0.717, 1.165) is 23.9 Å². The van der Waals surface area contributed by atoms with Crippen molar-refractivity contribution >= 4 is 11.8 Å². The fourth-order valence-electron chi connectivity index (χ4n) is 1.37. The molecular weight excluding hydrogens is 226 g/mol. The summed E-state index contributed by atoms with van der Waals surface area (Å²) in [5.74, 6) is 2.57. The van der Waals surface area contributed by atoms with Gasteiger partial charge in [0, 0.05) is 17.2 Å². The summed E-state index contributed by atoms with van der Waals surface area (Å²) in [5.41, 5.74) is 5.32. The second kappa shape index (κ2) is 5.98. The van der Waals surface area contributed by atoms with Gasteiger partial charge in [-0.25, -0.2) is 0 Å². The molecule has 1 aromatic carbocycles. The molecule has 1 heterocycles. The van der Waals surface area contributed by atoms with Gasteiger partial charge in [-0.2, -0.15) is 0 Å². The number of thioether (sulfide) groups is 1. The van der Waals surface area contributed by atoms with Crippen molar-refractivity contribution in [2.24, 2.45) is 5.73 Å². The largest absolute Gasteiger partial charge is 0.454 e. The Balaban J connectivity index is 1.77. The minimum absolute atomic E-state index is 0.322. The number of fused-ring (bicyclic) bond motifs is 1. The zero-order valence-corrected chi connectivity index (χ0v) is 9.79. The Hall–Kier alpha value is -0.910. The maximum Gasteiger partial charge on any atom is 0.231 e. The van der Waals surface area contributed by atoms with Gasteiger partial charge in [0.1, 0.15) is 0 Å². The molecule has 2 rings (SSSR count). The third kappa shape index (κ3) is 3.04. The van der Waals surface area contributed by atoms with Gasteiger partial charge in [0.2, 0.25) is 6.79 Å². The van der Waals surface area contributed by atoms with Gasteiger partial charge >= 0.3 is 0 Å². The van der Waals surface area contributed by atoms with E-state index in [2.05, 4.69) is 0 Å². The molecule has 1 aliphatic rings. The molecule has 0 atom stereocenters. The highest BCUT2D eigenvalue weighted by Crippen LogP contribution is 2.35. The average molecular weight is 241 g/mol. The molecule has 0 bridgehead atoms. The monoisotopic (exact) mass is 241 g/mol. The summed E-state index contributed by atoms with van der Waals surface area (Å²) in [6.07, 6.45) is 0. The van der Waals surface area contributed by atoms with Crippen molar-refractivity contribution in [2.45, 2.75) is 4.90 Å². The fraction of sp³-hybridized carbons (Fsp3) is 0.455. The Morgan fingerprint density at radius 1 is 1.25 bits per heavy atom. The number of ether oxygens (including phenoxy) is 3. The predicted octanol–water partition coefficient (Wildman–Crippen LogP) is 1.48. The number of benzene rings is 1. The molecule has 0 fully saturated rings. The maximum absolute atomic E-state index is 5.32. The van der Waals surface area contributed by atoms with Gasteiger partial charge in [-0.3, -0.25) is 0 Å². The van der Waals surface area contributed by atoms with Crippen LogP contribution in [0.2, 0.25) is 0 Å². The molecule has 0 radical (unpaired) electrons. The standard InChI is InChI=1S/C11H15NO3S/c12-3-4-13-5-6-16-9-1-2-10-11(7-9)15-8-14-10/h1-2,7H,3-6,8,12H2. The zero-order chi connectivity index (χ0) is 11.2. The zero-order valence-electron chi connectivity index (χ0n) is 8.98. The highest BCUT2D eigenvalue weighted by Gasteiger charge is 2.12. The lowest BCUT2D eigenvalue weighted by atomic mass is 10.3. The molecule has 88 valence electrons. The Morgan fingerprint density at radius 2 is 2.12 bits per heavy atom. The van der Waals surface area contributed by atoms with Gasteiger partial charge < -0.3 is 19.9 Å². The molecule has 5 heteroatoms. The van der Waals surface area contributed by atoms with Crippen molar-refractivity contribution in [3.63, 3.8) is 0 Å². The molecule has 0 aromatic heterocycles. The van der Waals surface area contributed by atoms with Crippen LogP contribution in [0.1, 0.15) is 0 Å². The molecule has 16 heavy (non-hydrogen) atoms. The first-order valence-electron chi connectivity index (χ1n) is 5.20. The molecule has 0 spiro atoms. The second-order valence-corrected chi connectivity index (χ2v) is 4.43. The first kappa shape index (κ1) is 11.6. The molecule has 2 N–H and O–H groups in total. The minimum Gasteiger partial charge on any atom is -0.454 e. The summed E-state index contributed by atoms with van der Waals surface area (Å²) in [7, 11) is 0. The van der Waals surface area contributed by atoms with E-state index in [4.69, 9.17) is 19.9 Å². The quantitative estimate of drug-likeness (QED) is 0.604. The van der Waals surface area contributed by atoms with Crippen molar-refractivity contribution in [3.8, 4) is 11.5 Å². The van der Waals surface area contributed by atoms with E-state index >= 15 is 0 Å². The Bertz CT molecular complexity index is 346. The van der Waals surface area contributed by atoms with Gasteiger partial charge in [0.05, 0.1) is 13.2 Å². The number of rotatable bonds is 6. The lowest BCUT2D eigenvalue weighted by Crippen LogP contribution is -2.09. The molecule has 0 amide bonds. The molecule has 1 aliphatic heterocycles. The van der Waals surface area contributed by atoms with Gasteiger partial charge in [0.15, 0.2) is 11.5 Å². The third-order valence-electron chi connectivity index (χ3n) is 2.10. The maximum atomic E-state index is 5.32. The molecular formula is C11H15NO3S. The van der Waals surface area contributed by atoms with Crippen LogP contribution < -0.4 is 15.2 Å². The number of nitrogens with two attached hydrogens (primary N) is 1. The molecule has 1 aromatic rings. The summed E-state index contributed by atoms with van der Waals surface area (Å²) in [6, 6.07) is 5.96. The smallest absolute Gasteiger partial charge is 0.231 e. The predicted molar refractivity (Wildman–Crippen MR) is 63.2 cm³/mol. The third-order valence-corrected chi connectivity index (χ3v) is 3.06. The van der Waals surface area contributed by atoms with Gasteiger partial charge in [-0.1, -0.05) is 0 Å². The van der Waals surface area contributed by atoms with Crippen LogP contribution in [0.5, 0.6) is 11.5 Å².